The molecule has 25 heavy (non-hydrogen) atoms. The zero-order valence-electron chi connectivity index (χ0n) is 14.9. The Morgan fingerprint density at radius 3 is 2.72 bits per heavy atom. The Balaban J connectivity index is 1.62. The Kier molecular flexibility index (Phi) is 4.24. The van der Waals surface area contributed by atoms with E-state index in [9.17, 15) is 4.79 Å². The molecule has 1 N–H and O–H groups in total. The highest BCUT2D eigenvalue weighted by Crippen LogP contribution is 2.52. The second-order valence-corrected chi connectivity index (χ2v) is 7.41. The molecule has 3 unspecified atom stereocenters. The van der Waals surface area contributed by atoms with Crippen molar-refractivity contribution >= 4 is 11.7 Å². The highest BCUT2D eigenvalue weighted by atomic mass is 16.5. The van der Waals surface area contributed by atoms with Gasteiger partial charge in [0.15, 0.2) is 0 Å². The van der Waals surface area contributed by atoms with Crippen molar-refractivity contribution in [3.05, 3.63) is 64.7 Å². The third-order valence-corrected chi connectivity index (χ3v) is 5.83. The van der Waals surface area contributed by atoms with Gasteiger partial charge in [0.2, 0.25) is 0 Å². The van der Waals surface area contributed by atoms with Gasteiger partial charge in [-0.3, -0.25) is 4.79 Å². The molecule has 0 radical (unpaired) electrons. The molecule has 2 aromatic carbocycles. The molecule has 0 spiro atoms. The fraction of sp³-hybridized carbons (Fsp3) is 0.409. The molecule has 0 amide bonds. The summed E-state index contributed by atoms with van der Waals surface area (Å²) >= 11 is 0. The second kappa shape index (κ2) is 6.55. The molecule has 4 rings (SSSR count). The number of hydrogen-bond acceptors (Lipinski definition) is 3. The summed E-state index contributed by atoms with van der Waals surface area (Å²) in [5, 5.41) is 3.79. The van der Waals surface area contributed by atoms with E-state index < -0.39 is 0 Å². The summed E-state index contributed by atoms with van der Waals surface area (Å²) in [6, 6.07) is 15.6. The van der Waals surface area contributed by atoms with Gasteiger partial charge in [0, 0.05) is 5.69 Å². The average molecular weight is 335 g/mol. The molecular formula is C22H25NO2. The second-order valence-electron chi connectivity index (χ2n) is 7.41. The van der Waals surface area contributed by atoms with E-state index >= 15 is 0 Å². The van der Waals surface area contributed by atoms with Gasteiger partial charge in [-0.15, -0.1) is 0 Å². The minimum atomic E-state index is -0.191. The minimum absolute atomic E-state index is 0.191. The van der Waals surface area contributed by atoms with Crippen LogP contribution in [0.2, 0.25) is 0 Å². The molecular weight excluding hydrogens is 310 g/mol. The zero-order valence-corrected chi connectivity index (χ0v) is 14.9. The Labute approximate surface area is 149 Å². The van der Waals surface area contributed by atoms with Crippen LogP contribution in [0.3, 0.4) is 0 Å². The lowest BCUT2D eigenvalue weighted by atomic mass is 9.77. The predicted octanol–water partition coefficient (Wildman–Crippen LogP) is 4.76. The summed E-state index contributed by atoms with van der Waals surface area (Å²) in [6.45, 7) is 2.18. The van der Waals surface area contributed by atoms with Gasteiger partial charge >= 0.3 is 5.97 Å². The molecule has 130 valence electrons. The lowest BCUT2D eigenvalue weighted by molar-refractivity contribution is -0.139. The number of anilines is 1. The van der Waals surface area contributed by atoms with Gasteiger partial charge in [0.25, 0.3) is 0 Å². The first-order valence-corrected chi connectivity index (χ1v) is 9.18. The van der Waals surface area contributed by atoms with Crippen molar-refractivity contribution in [2.75, 3.05) is 12.4 Å². The van der Waals surface area contributed by atoms with Crippen LogP contribution >= 0.6 is 0 Å². The van der Waals surface area contributed by atoms with Crippen LogP contribution in [-0.4, -0.2) is 13.1 Å². The van der Waals surface area contributed by atoms with Gasteiger partial charge in [-0.1, -0.05) is 48.4 Å². The molecule has 3 nitrogen and oxygen atoms in total. The minimum Gasteiger partial charge on any atom is -0.469 e. The number of methoxy groups -OCH3 is 1. The molecule has 1 heterocycles. The van der Waals surface area contributed by atoms with E-state index in [1.54, 1.807) is 0 Å². The third-order valence-electron chi connectivity index (χ3n) is 5.83. The Bertz CT molecular complexity index is 781. The first-order chi connectivity index (χ1) is 12.2. The van der Waals surface area contributed by atoms with Crippen LogP contribution in [0, 0.1) is 12.8 Å². The third kappa shape index (κ3) is 3.04. The van der Waals surface area contributed by atoms with Crippen molar-refractivity contribution in [2.24, 2.45) is 5.92 Å². The van der Waals surface area contributed by atoms with Crippen LogP contribution in [0.4, 0.5) is 5.69 Å². The number of benzene rings is 2. The summed E-state index contributed by atoms with van der Waals surface area (Å²) in [4.78, 5) is 11.4. The van der Waals surface area contributed by atoms with Crippen molar-refractivity contribution in [3.8, 4) is 0 Å². The number of aryl methyl sites for hydroxylation is 1. The summed E-state index contributed by atoms with van der Waals surface area (Å²) in [5.41, 5.74) is 6.46. The maximum atomic E-state index is 11.4. The number of esters is 1. The highest BCUT2D eigenvalue weighted by Gasteiger charge is 2.40. The van der Waals surface area contributed by atoms with Crippen LogP contribution in [0.5, 0.6) is 0 Å². The number of ether oxygens (including phenoxy) is 1. The van der Waals surface area contributed by atoms with Crippen LogP contribution in [0.1, 0.15) is 53.5 Å². The van der Waals surface area contributed by atoms with E-state index in [0.29, 0.717) is 24.3 Å². The molecule has 3 heteroatoms. The number of rotatable bonds is 3. The van der Waals surface area contributed by atoms with Crippen molar-refractivity contribution in [2.45, 2.75) is 44.6 Å². The standard InChI is InChI=1S/C22H25NO2/c1-14-6-11-20-19(12-14)17-4-3-5-18(17)22(23-20)16-9-7-15(8-10-16)13-21(24)25-2/h6-12,17-18,22-23H,3-5,13H2,1-2H3. The van der Waals surface area contributed by atoms with Crippen molar-refractivity contribution < 1.29 is 9.53 Å². The predicted molar refractivity (Wildman–Crippen MR) is 99.8 cm³/mol. The topological polar surface area (TPSA) is 38.3 Å². The monoisotopic (exact) mass is 335 g/mol. The van der Waals surface area contributed by atoms with Gasteiger partial charge < -0.3 is 10.1 Å². The average Bonchev–Trinajstić information content (AvgIpc) is 3.12. The Hall–Kier alpha value is -2.29. The molecule has 2 aliphatic rings. The quantitative estimate of drug-likeness (QED) is 0.822. The van der Waals surface area contributed by atoms with Crippen LogP contribution in [0.25, 0.3) is 0 Å². The van der Waals surface area contributed by atoms with Gasteiger partial charge in [-0.05, 0) is 54.4 Å². The maximum Gasteiger partial charge on any atom is 0.309 e. The van der Waals surface area contributed by atoms with E-state index in [4.69, 9.17) is 4.74 Å². The molecule has 0 bridgehead atoms. The van der Waals surface area contributed by atoms with Gasteiger partial charge in [-0.2, -0.15) is 0 Å². The smallest absolute Gasteiger partial charge is 0.309 e. The SMILES string of the molecule is COC(=O)Cc1ccc(C2Nc3ccc(C)cc3C3CCCC32)cc1. The zero-order chi connectivity index (χ0) is 17.4. The van der Waals surface area contributed by atoms with Gasteiger partial charge in [-0.25, -0.2) is 0 Å². The van der Waals surface area contributed by atoms with Crippen molar-refractivity contribution in [1.29, 1.82) is 0 Å². The lowest BCUT2D eigenvalue weighted by Crippen LogP contribution is -2.28. The largest absolute Gasteiger partial charge is 0.469 e. The fourth-order valence-corrected chi connectivity index (χ4v) is 4.58. The van der Waals surface area contributed by atoms with E-state index in [1.165, 1.54) is 48.8 Å². The molecule has 0 saturated heterocycles. The first-order valence-electron chi connectivity index (χ1n) is 9.18. The van der Waals surface area contributed by atoms with Crippen LogP contribution < -0.4 is 5.32 Å². The number of carbonyl (C=O) groups is 1. The van der Waals surface area contributed by atoms with E-state index in [0.717, 1.165) is 5.56 Å². The molecule has 3 atom stereocenters. The number of nitrogens with one attached hydrogen (secondary N) is 1. The molecule has 2 aromatic rings. The molecule has 1 saturated carbocycles. The molecule has 1 fully saturated rings. The molecule has 1 aliphatic heterocycles. The number of hydrogen-bond donors (Lipinski definition) is 1. The summed E-state index contributed by atoms with van der Waals surface area (Å²) in [7, 11) is 1.43. The summed E-state index contributed by atoms with van der Waals surface area (Å²) in [6.07, 6.45) is 4.21. The van der Waals surface area contributed by atoms with E-state index in [-0.39, 0.29) is 5.97 Å². The van der Waals surface area contributed by atoms with E-state index in [2.05, 4.69) is 54.7 Å². The van der Waals surface area contributed by atoms with Crippen LogP contribution in [0.15, 0.2) is 42.5 Å². The summed E-state index contributed by atoms with van der Waals surface area (Å²) in [5.74, 6) is 1.13. The fourth-order valence-electron chi connectivity index (χ4n) is 4.58. The lowest BCUT2D eigenvalue weighted by Gasteiger charge is -2.38. The summed E-state index contributed by atoms with van der Waals surface area (Å²) < 4.78 is 4.75. The van der Waals surface area contributed by atoms with Crippen molar-refractivity contribution in [1.82, 2.24) is 0 Å². The normalized spacial score (nSPS) is 24.2. The number of fused-ring (bicyclic) bond motifs is 3. The van der Waals surface area contributed by atoms with Gasteiger partial charge in [0.1, 0.15) is 0 Å². The maximum absolute atomic E-state index is 11.4. The molecule has 0 aromatic heterocycles. The van der Waals surface area contributed by atoms with Crippen LogP contribution in [-0.2, 0) is 16.0 Å². The molecule has 1 aliphatic carbocycles. The highest BCUT2D eigenvalue weighted by molar-refractivity contribution is 5.72. The Morgan fingerprint density at radius 2 is 1.96 bits per heavy atom. The van der Waals surface area contributed by atoms with E-state index in [1.807, 2.05) is 0 Å². The van der Waals surface area contributed by atoms with Crippen molar-refractivity contribution in [3.63, 3.8) is 0 Å². The van der Waals surface area contributed by atoms with Gasteiger partial charge in [0.05, 0.1) is 19.6 Å². The Morgan fingerprint density at radius 1 is 1.16 bits per heavy atom. The number of carbonyl (C=O) groups excluding carboxylic acids is 1. The first kappa shape index (κ1) is 16.2.